The molecule has 3 aromatic rings. The number of hydrogen-bond donors (Lipinski definition) is 1. The van der Waals surface area contributed by atoms with Crippen LogP contribution < -0.4 is 4.90 Å². The van der Waals surface area contributed by atoms with Gasteiger partial charge in [-0.05, 0) is 112 Å². The average molecular weight is 724 g/mol. The highest BCUT2D eigenvalue weighted by Gasteiger charge is 2.33. The van der Waals surface area contributed by atoms with E-state index in [2.05, 4.69) is 72.2 Å². The van der Waals surface area contributed by atoms with E-state index >= 15 is 0 Å². The fraction of sp³-hybridized carbons (Fsp3) is 0.625. The summed E-state index contributed by atoms with van der Waals surface area (Å²) < 4.78 is 27.9. The molecule has 3 aliphatic heterocycles. The van der Waals surface area contributed by atoms with Crippen molar-refractivity contribution >= 4 is 38.2 Å². The predicted octanol–water partition coefficient (Wildman–Crippen LogP) is 7.64. The highest BCUT2D eigenvalue weighted by molar-refractivity contribution is 7.98. The largest absolute Gasteiger partial charge is 0.508 e. The first kappa shape index (κ1) is 38.9. The summed E-state index contributed by atoms with van der Waals surface area (Å²) in [6.45, 7) is 23.4. The summed E-state index contributed by atoms with van der Waals surface area (Å²) in [5, 5.41) is 10.6. The van der Waals surface area contributed by atoms with Crippen LogP contribution in [0.1, 0.15) is 73.6 Å². The molecule has 276 valence electrons. The first-order valence-corrected chi connectivity index (χ1v) is 21.5. The lowest BCUT2D eigenvalue weighted by Gasteiger charge is -2.46. The molecule has 3 aliphatic rings. The minimum absolute atomic E-state index is 0.0419. The van der Waals surface area contributed by atoms with Crippen LogP contribution in [0.5, 0.6) is 5.75 Å². The molecule has 0 unspecified atom stereocenters. The molecule has 2 aromatic carbocycles. The Morgan fingerprint density at radius 3 is 1.90 bits per heavy atom. The molecular formula is C40H61N5O3S2. The SMILES string of the molecule is CC(C)CC(C)(C)C.CCN1CCC(N2CCN(C3CCN(c4c(S(=O)(=O)c5ccc(O)cc5)cnc5ccc(SC)cc45)CC3)CC2)CC1. The second-order valence-electron chi connectivity index (χ2n) is 16.0. The van der Waals surface area contributed by atoms with Crippen LogP contribution in [0, 0.1) is 11.3 Å². The molecule has 10 heteroatoms. The number of hydrogen-bond acceptors (Lipinski definition) is 9. The molecule has 4 heterocycles. The maximum absolute atomic E-state index is 13.9. The average Bonchev–Trinajstić information content (AvgIpc) is 3.10. The van der Waals surface area contributed by atoms with Crippen molar-refractivity contribution in [2.45, 2.75) is 100 Å². The number of likely N-dealkylation sites (tertiary alicyclic amines) is 1. The Labute approximate surface area is 306 Å². The number of nitrogens with zero attached hydrogens (tertiary/aromatic N) is 5. The quantitative estimate of drug-likeness (QED) is 0.236. The zero-order valence-electron chi connectivity index (χ0n) is 31.6. The summed E-state index contributed by atoms with van der Waals surface area (Å²) in [5.41, 5.74) is 2.08. The minimum Gasteiger partial charge on any atom is -0.508 e. The number of aromatic nitrogens is 1. The zero-order valence-corrected chi connectivity index (χ0v) is 33.2. The van der Waals surface area contributed by atoms with Crippen molar-refractivity contribution < 1.29 is 13.5 Å². The smallest absolute Gasteiger partial charge is 0.210 e. The molecular weight excluding hydrogens is 663 g/mol. The van der Waals surface area contributed by atoms with Crippen molar-refractivity contribution in [1.82, 2.24) is 19.7 Å². The van der Waals surface area contributed by atoms with Crippen molar-refractivity contribution in [2.75, 3.05) is 70.1 Å². The van der Waals surface area contributed by atoms with Crippen molar-refractivity contribution in [1.29, 1.82) is 0 Å². The lowest BCUT2D eigenvalue weighted by atomic mass is 9.86. The lowest BCUT2D eigenvalue weighted by molar-refractivity contribution is 0.0384. The number of piperazine rings is 1. The third-order valence-electron chi connectivity index (χ3n) is 10.6. The van der Waals surface area contributed by atoms with Crippen LogP contribution in [0.2, 0.25) is 0 Å². The maximum atomic E-state index is 13.9. The number of piperidine rings is 2. The molecule has 3 fully saturated rings. The number of anilines is 1. The number of aromatic hydroxyl groups is 1. The Hall–Kier alpha value is -2.37. The molecule has 0 atom stereocenters. The molecule has 0 amide bonds. The molecule has 1 aromatic heterocycles. The van der Waals surface area contributed by atoms with E-state index in [1.165, 1.54) is 62.8 Å². The van der Waals surface area contributed by atoms with Crippen molar-refractivity contribution in [2.24, 2.45) is 11.3 Å². The summed E-state index contributed by atoms with van der Waals surface area (Å²) in [6, 6.07) is 13.1. The van der Waals surface area contributed by atoms with Gasteiger partial charge < -0.3 is 14.9 Å². The van der Waals surface area contributed by atoms with Gasteiger partial charge in [-0.1, -0.05) is 41.5 Å². The summed E-state index contributed by atoms with van der Waals surface area (Å²) in [7, 11) is -3.84. The standard InChI is InChI=1S/C32H43N5O3S2.C8H18/c1-3-34-14-10-24(11-15-34)35-18-20-36(21-19-35)25-12-16-37(17-13-25)32-29-22-27(41-2)6-9-30(29)33-23-31(32)42(39,40)28-7-4-26(38)5-8-28;1-7(2)6-8(3,4)5/h4-9,22-25,38H,3,10-21H2,1-2H3;7H,6H2,1-5H3. The van der Waals surface area contributed by atoms with Gasteiger partial charge in [0.05, 0.1) is 16.1 Å². The van der Waals surface area contributed by atoms with Crippen LogP contribution in [0.3, 0.4) is 0 Å². The third kappa shape index (κ3) is 9.73. The Morgan fingerprint density at radius 1 is 0.860 bits per heavy atom. The predicted molar refractivity (Wildman–Crippen MR) is 210 cm³/mol. The highest BCUT2D eigenvalue weighted by atomic mass is 32.2. The van der Waals surface area contributed by atoms with Crippen molar-refractivity contribution in [3.63, 3.8) is 0 Å². The number of phenolic OH excluding ortho intramolecular Hbond substituents is 1. The summed E-state index contributed by atoms with van der Waals surface area (Å²) in [5.74, 6) is 0.884. The van der Waals surface area contributed by atoms with E-state index in [9.17, 15) is 13.5 Å². The normalized spacial score (nSPS) is 19.6. The van der Waals surface area contributed by atoms with Crippen molar-refractivity contribution in [3.8, 4) is 5.75 Å². The second-order valence-corrected chi connectivity index (χ2v) is 18.8. The van der Waals surface area contributed by atoms with Gasteiger partial charge in [-0.15, -0.1) is 11.8 Å². The number of benzene rings is 2. The van der Waals surface area contributed by atoms with Crippen LogP contribution in [0.15, 0.2) is 63.3 Å². The van der Waals surface area contributed by atoms with Gasteiger partial charge in [-0.25, -0.2) is 8.42 Å². The van der Waals surface area contributed by atoms with Gasteiger partial charge >= 0.3 is 0 Å². The van der Waals surface area contributed by atoms with E-state index in [0.29, 0.717) is 11.5 Å². The van der Waals surface area contributed by atoms with Crippen LogP contribution in [0.4, 0.5) is 5.69 Å². The van der Waals surface area contributed by atoms with Gasteiger partial charge in [-0.3, -0.25) is 14.8 Å². The van der Waals surface area contributed by atoms with E-state index < -0.39 is 9.84 Å². The van der Waals surface area contributed by atoms with Gasteiger partial charge in [0.1, 0.15) is 10.6 Å². The molecule has 50 heavy (non-hydrogen) atoms. The molecule has 0 saturated carbocycles. The summed E-state index contributed by atoms with van der Waals surface area (Å²) >= 11 is 1.64. The van der Waals surface area contributed by atoms with Gasteiger partial charge in [0, 0.05) is 67.8 Å². The number of pyridine rings is 1. The number of rotatable bonds is 8. The zero-order chi connectivity index (χ0) is 36.1. The Morgan fingerprint density at radius 2 is 1.42 bits per heavy atom. The van der Waals surface area contributed by atoms with E-state index in [-0.39, 0.29) is 15.5 Å². The van der Waals surface area contributed by atoms with Gasteiger partial charge in [0.15, 0.2) is 0 Å². The van der Waals surface area contributed by atoms with Gasteiger partial charge in [0.25, 0.3) is 0 Å². The fourth-order valence-electron chi connectivity index (χ4n) is 8.29. The lowest BCUT2D eigenvalue weighted by Crippen LogP contribution is -2.56. The minimum atomic E-state index is -3.84. The first-order valence-electron chi connectivity index (χ1n) is 18.8. The topological polar surface area (TPSA) is 80.2 Å². The van der Waals surface area contributed by atoms with Crippen LogP contribution >= 0.6 is 11.8 Å². The number of phenols is 1. The summed E-state index contributed by atoms with van der Waals surface area (Å²) in [6.07, 6.45) is 9.49. The van der Waals surface area contributed by atoms with Crippen molar-refractivity contribution in [3.05, 3.63) is 48.7 Å². The molecule has 3 saturated heterocycles. The van der Waals surface area contributed by atoms with Gasteiger partial charge in [0.2, 0.25) is 9.84 Å². The fourth-order valence-corrected chi connectivity index (χ4v) is 10.2. The van der Waals surface area contributed by atoms with E-state index in [4.69, 9.17) is 0 Å². The molecule has 8 nitrogen and oxygen atoms in total. The Bertz CT molecular complexity index is 1630. The first-order chi connectivity index (χ1) is 23.8. The Kier molecular flexibility index (Phi) is 13.2. The van der Waals surface area contributed by atoms with E-state index in [1.807, 2.05) is 18.4 Å². The van der Waals surface area contributed by atoms with Crippen LogP contribution in [-0.2, 0) is 9.84 Å². The molecule has 0 aliphatic carbocycles. The van der Waals surface area contributed by atoms with Crippen LogP contribution in [0.25, 0.3) is 10.9 Å². The maximum Gasteiger partial charge on any atom is 0.210 e. The highest BCUT2D eigenvalue weighted by Crippen LogP contribution is 2.39. The third-order valence-corrected chi connectivity index (χ3v) is 13.1. The monoisotopic (exact) mass is 723 g/mol. The van der Waals surface area contributed by atoms with Crippen LogP contribution in [-0.4, -0.2) is 110 Å². The molecule has 6 rings (SSSR count). The molecule has 0 bridgehead atoms. The molecule has 0 radical (unpaired) electrons. The summed E-state index contributed by atoms with van der Waals surface area (Å²) in [4.78, 5) is 16.3. The number of thioether (sulfide) groups is 1. The second kappa shape index (κ2) is 17.0. The molecule has 0 spiro atoms. The van der Waals surface area contributed by atoms with E-state index in [0.717, 1.165) is 92.1 Å². The van der Waals surface area contributed by atoms with Gasteiger partial charge in [-0.2, -0.15) is 0 Å². The molecule has 1 N–H and O–H groups in total. The number of fused-ring (bicyclic) bond motifs is 1. The van der Waals surface area contributed by atoms with E-state index in [1.54, 1.807) is 11.8 Å². The Balaban J connectivity index is 0.000000544. The number of sulfone groups is 1.